The van der Waals surface area contributed by atoms with E-state index in [-0.39, 0.29) is 29.2 Å². The van der Waals surface area contributed by atoms with Crippen molar-refractivity contribution in [2.45, 2.75) is 57.7 Å². The van der Waals surface area contributed by atoms with Gasteiger partial charge in [-0.3, -0.25) is 13.9 Å². The number of rotatable bonds is 10. The number of amides is 2. The van der Waals surface area contributed by atoms with Crippen molar-refractivity contribution in [2.75, 3.05) is 24.2 Å². The van der Waals surface area contributed by atoms with Crippen molar-refractivity contribution < 1.29 is 27.1 Å². The molecule has 0 aliphatic heterocycles. The molecule has 11 heteroatoms. The molecule has 0 aromatic heterocycles. The molecule has 0 bridgehead atoms. The van der Waals surface area contributed by atoms with Gasteiger partial charge in [-0.2, -0.15) is 0 Å². The molecule has 3 rings (SSSR count). The number of nitrogens with zero attached hydrogens (tertiary/aromatic N) is 2. The molecule has 2 aromatic carbocycles. The predicted octanol–water partition coefficient (Wildman–Crippen LogP) is 4.12. The fraction of sp³-hybridized carbons (Fsp3) is 0.462. The number of sulfonamides is 1. The zero-order chi connectivity index (χ0) is 27.2. The van der Waals surface area contributed by atoms with Crippen LogP contribution in [0, 0.1) is 5.82 Å². The van der Waals surface area contributed by atoms with Crippen LogP contribution in [0.15, 0.2) is 42.5 Å². The Hall–Kier alpha value is -2.85. The molecule has 0 heterocycles. The summed E-state index contributed by atoms with van der Waals surface area (Å²) < 4.78 is 45.1. The summed E-state index contributed by atoms with van der Waals surface area (Å²) in [6.07, 6.45) is 5.93. The second-order valence-corrected chi connectivity index (χ2v) is 11.6. The number of hydrogen-bond acceptors (Lipinski definition) is 5. The van der Waals surface area contributed by atoms with E-state index < -0.39 is 34.3 Å². The predicted molar refractivity (Wildman–Crippen MR) is 142 cm³/mol. The minimum Gasteiger partial charge on any atom is -0.497 e. The maximum Gasteiger partial charge on any atom is 0.244 e. The highest BCUT2D eigenvalue weighted by atomic mass is 35.5. The molecule has 0 saturated heterocycles. The van der Waals surface area contributed by atoms with E-state index in [0.717, 1.165) is 54.8 Å². The Morgan fingerprint density at radius 3 is 2.49 bits per heavy atom. The molecule has 0 radical (unpaired) electrons. The van der Waals surface area contributed by atoms with Gasteiger partial charge in [0, 0.05) is 12.6 Å². The largest absolute Gasteiger partial charge is 0.497 e. The Balaban J connectivity index is 1.89. The van der Waals surface area contributed by atoms with Crippen LogP contribution in [0.3, 0.4) is 0 Å². The molecule has 2 aromatic rings. The van der Waals surface area contributed by atoms with Gasteiger partial charge in [0.2, 0.25) is 21.8 Å². The monoisotopic (exact) mass is 553 g/mol. The lowest BCUT2D eigenvalue weighted by Gasteiger charge is -2.33. The molecule has 1 aliphatic carbocycles. The first kappa shape index (κ1) is 28.7. The van der Waals surface area contributed by atoms with Crippen molar-refractivity contribution >= 4 is 39.1 Å². The first-order valence-electron chi connectivity index (χ1n) is 12.1. The molecular weight excluding hydrogens is 521 g/mol. The summed E-state index contributed by atoms with van der Waals surface area (Å²) in [5.41, 5.74) is 0.753. The van der Waals surface area contributed by atoms with Gasteiger partial charge in [-0.25, -0.2) is 12.8 Å². The lowest BCUT2D eigenvalue weighted by Crippen LogP contribution is -2.52. The second kappa shape index (κ2) is 12.6. The first-order valence-corrected chi connectivity index (χ1v) is 14.4. The van der Waals surface area contributed by atoms with Crippen LogP contribution in [0.25, 0.3) is 0 Å². The highest BCUT2D eigenvalue weighted by Crippen LogP contribution is 2.25. The van der Waals surface area contributed by atoms with E-state index in [1.54, 1.807) is 31.2 Å². The third kappa shape index (κ3) is 7.82. The standard InChI is InChI=1S/C26H33ClFN3O5S/c1-18(26(33)29-20-9-5-4-6-10-20)30(16-19-8-7-11-22(14-19)36-2)25(32)17-31(37(3,34)35)21-12-13-24(28)23(27)15-21/h7-8,11-15,18,20H,4-6,9-10,16-17H2,1-3H3,(H,29,33)/t18-/m1/s1. The SMILES string of the molecule is COc1cccc(CN(C(=O)CN(c2ccc(F)c(Cl)c2)S(C)(=O)=O)[C@H](C)C(=O)NC2CCCCC2)c1. The smallest absolute Gasteiger partial charge is 0.244 e. The molecule has 1 fully saturated rings. The van der Waals surface area contributed by atoms with Crippen molar-refractivity contribution in [3.8, 4) is 5.75 Å². The summed E-state index contributed by atoms with van der Waals surface area (Å²) in [4.78, 5) is 28.2. The van der Waals surface area contributed by atoms with Crippen molar-refractivity contribution in [3.05, 3.63) is 58.9 Å². The van der Waals surface area contributed by atoms with Gasteiger partial charge in [0.1, 0.15) is 24.2 Å². The summed E-state index contributed by atoms with van der Waals surface area (Å²) in [5.74, 6) is -1.03. The number of methoxy groups -OCH3 is 1. The fourth-order valence-corrected chi connectivity index (χ4v) is 5.39. The summed E-state index contributed by atoms with van der Waals surface area (Å²) >= 11 is 5.87. The van der Waals surface area contributed by atoms with Gasteiger partial charge in [0.25, 0.3) is 0 Å². The molecule has 8 nitrogen and oxygen atoms in total. The molecule has 1 aliphatic rings. The summed E-state index contributed by atoms with van der Waals surface area (Å²) in [6, 6.07) is 9.67. The topological polar surface area (TPSA) is 96.0 Å². The third-order valence-corrected chi connectivity index (χ3v) is 7.91. The van der Waals surface area contributed by atoms with Gasteiger partial charge in [-0.05, 0) is 55.7 Å². The summed E-state index contributed by atoms with van der Waals surface area (Å²) in [7, 11) is -2.42. The average Bonchev–Trinajstić information content (AvgIpc) is 2.87. The maximum atomic E-state index is 13.7. The van der Waals surface area contributed by atoms with Crippen LogP contribution >= 0.6 is 11.6 Å². The van der Waals surface area contributed by atoms with Gasteiger partial charge in [0.15, 0.2) is 0 Å². The van der Waals surface area contributed by atoms with E-state index in [1.165, 1.54) is 18.1 Å². The number of anilines is 1. The number of benzene rings is 2. The minimum absolute atomic E-state index is 0.0443. The number of hydrogen-bond donors (Lipinski definition) is 1. The lowest BCUT2D eigenvalue weighted by molar-refractivity contribution is -0.139. The molecule has 2 amide bonds. The van der Waals surface area contributed by atoms with Crippen LogP contribution in [0.4, 0.5) is 10.1 Å². The Morgan fingerprint density at radius 1 is 1.16 bits per heavy atom. The van der Waals surface area contributed by atoms with Crippen molar-refractivity contribution in [1.29, 1.82) is 0 Å². The average molecular weight is 554 g/mol. The molecule has 1 saturated carbocycles. The van der Waals surface area contributed by atoms with E-state index >= 15 is 0 Å². The van der Waals surface area contributed by atoms with E-state index in [9.17, 15) is 22.4 Å². The quantitative estimate of drug-likeness (QED) is 0.477. The maximum absolute atomic E-state index is 13.7. The van der Waals surface area contributed by atoms with E-state index in [0.29, 0.717) is 11.3 Å². The molecular formula is C26H33ClFN3O5S. The van der Waals surface area contributed by atoms with Gasteiger partial charge >= 0.3 is 0 Å². The molecule has 1 atom stereocenters. The summed E-state index contributed by atoms with van der Waals surface area (Å²) in [5, 5.41) is 2.77. The Bertz CT molecular complexity index is 1220. The van der Waals surface area contributed by atoms with Crippen LogP contribution in [0.5, 0.6) is 5.75 Å². The Morgan fingerprint density at radius 2 is 1.86 bits per heavy atom. The van der Waals surface area contributed by atoms with Crippen LogP contribution in [-0.2, 0) is 26.2 Å². The molecule has 1 N–H and O–H groups in total. The van der Waals surface area contributed by atoms with Crippen molar-refractivity contribution in [2.24, 2.45) is 0 Å². The highest BCUT2D eigenvalue weighted by Gasteiger charge is 2.31. The van der Waals surface area contributed by atoms with E-state index in [2.05, 4.69) is 5.32 Å². The zero-order valence-corrected chi connectivity index (χ0v) is 22.8. The van der Waals surface area contributed by atoms with Gasteiger partial charge in [-0.1, -0.05) is 43.0 Å². The minimum atomic E-state index is -3.94. The second-order valence-electron chi connectivity index (χ2n) is 9.26. The Labute approximate surface area is 222 Å². The number of nitrogens with one attached hydrogen (secondary N) is 1. The molecule has 0 unspecified atom stereocenters. The highest BCUT2D eigenvalue weighted by molar-refractivity contribution is 7.92. The first-order chi connectivity index (χ1) is 17.5. The molecule has 37 heavy (non-hydrogen) atoms. The van der Waals surface area contributed by atoms with Gasteiger partial charge < -0.3 is 15.0 Å². The van der Waals surface area contributed by atoms with Crippen LogP contribution < -0.4 is 14.4 Å². The van der Waals surface area contributed by atoms with Crippen LogP contribution in [0.1, 0.15) is 44.6 Å². The van der Waals surface area contributed by atoms with Crippen molar-refractivity contribution in [1.82, 2.24) is 10.2 Å². The zero-order valence-electron chi connectivity index (χ0n) is 21.2. The fourth-order valence-electron chi connectivity index (χ4n) is 4.37. The molecule has 0 spiro atoms. The number of carbonyl (C=O) groups is 2. The van der Waals surface area contributed by atoms with E-state index in [1.807, 2.05) is 0 Å². The third-order valence-electron chi connectivity index (χ3n) is 6.48. The Kier molecular flexibility index (Phi) is 9.78. The van der Waals surface area contributed by atoms with Gasteiger partial charge in [0.05, 0.1) is 24.1 Å². The normalized spacial score (nSPS) is 15.1. The van der Waals surface area contributed by atoms with Crippen molar-refractivity contribution in [3.63, 3.8) is 0 Å². The number of ether oxygens (including phenoxy) is 1. The summed E-state index contributed by atoms with van der Waals surface area (Å²) in [6.45, 7) is 1.08. The molecule has 202 valence electrons. The number of halogens is 2. The number of carbonyl (C=O) groups excluding carboxylic acids is 2. The van der Waals surface area contributed by atoms with Gasteiger partial charge in [-0.15, -0.1) is 0 Å². The lowest BCUT2D eigenvalue weighted by atomic mass is 9.95. The van der Waals surface area contributed by atoms with E-state index in [4.69, 9.17) is 16.3 Å². The van der Waals surface area contributed by atoms with Crippen LogP contribution in [-0.4, -0.2) is 57.1 Å². The van der Waals surface area contributed by atoms with Crippen LogP contribution in [0.2, 0.25) is 5.02 Å².